The molecule has 0 saturated carbocycles. The van der Waals surface area contributed by atoms with Gasteiger partial charge in [-0.25, -0.2) is 9.97 Å². The Labute approximate surface area is 145 Å². The Kier molecular flexibility index (Phi) is 4.34. The smallest absolute Gasteiger partial charge is 0.312 e. The first-order valence-corrected chi connectivity index (χ1v) is 7.87. The molecule has 24 heavy (non-hydrogen) atoms. The van der Waals surface area contributed by atoms with Crippen LogP contribution >= 0.6 is 15.9 Å². The van der Waals surface area contributed by atoms with E-state index in [1.165, 1.54) is 12.3 Å². The Morgan fingerprint density at radius 2 is 2.21 bits per heavy atom. The number of ether oxygens (including phenoxy) is 1. The maximum atomic E-state index is 11.2. The summed E-state index contributed by atoms with van der Waals surface area (Å²) in [6, 6.07) is 6.63. The van der Waals surface area contributed by atoms with Crippen LogP contribution in [0, 0.1) is 10.1 Å². The van der Waals surface area contributed by atoms with Crippen LogP contribution in [0.15, 0.2) is 34.9 Å². The highest BCUT2D eigenvalue weighted by Crippen LogP contribution is 2.29. The predicted octanol–water partition coefficient (Wildman–Crippen LogP) is 3.81. The first-order valence-electron chi connectivity index (χ1n) is 7.08. The van der Waals surface area contributed by atoms with E-state index in [1.54, 1.807) is 7.11 Å². The normalized spacial score (nSPS) is 12.1. The minimum absolute atomic E-state index is 0.103. The molecule has 0 spiro atoms. The van der Waals surface area contributed by atoms with Crippen molar-refractivity contribution in [3.63, 3.8) is 0 Å². The average Bonchev–Trinajstić information content (AvgIpc) is 2.99. The van der Waals surface area contributed by atoms with Crippen molar-refractivity contribution >= 4 is 38.5 Å². The number of halogens is 1. The third kappa shape index (κ3) is 3.16. The van der Waals surface area contributed by atoms with Gasteiger partial charge in [-0.1, -0.05) is 0 Å². The van der Waals surface area contributed by atoms with Gasteiger partial charge in [-0.3, -0.25) is 10.1 Å². The van der Waals surface area contributed by atoms with Crippen molar-refractivity contribution in [3.05, 3.63) is 50.9 Å². The molecule has 0 aliphatic carbocycles. The molecular weight excluding hydrogens is 378 g/mol. The summed E-state index contributed by atoms with van der Waals surface area (Å²) in [4.78, 5) is 22.5. The lowest BCUT2D eigenvalue weighted by Crippen LogP contribution is -2.11. The van der Waals surface area contributed by atoms with Crippen molar-refractivity contribution in [2.45, 2.75) is 13.0 Å². The van der Waals surface area contributed by atoms with Gasteiger partial charge in [0.2, 0.25) is 5.82 Å². The molecular formula is C15H14BrN5O3. The summed E-state index contributed by atoms with van der Waals surface area (Å²) in [5.74, 6) is 1.56. The molecule has 1 aromatic carbocycles. The van der Waals surface area contributed by atoms with Crippen molar-refractivity contribution in [1.29, 1.82) is 0 Å². The second kappa shape index (κ2) is 6.44. The molecule has 2 heterocycles. The van der Waals surface area contributed by atoms with E-state index in [4.69, 9.17) is 4.74 Å². The summed E-state index contributed by atoms with van der Waals surface area (Å²) in [6.07, 6.45) is 1.51. The van der Waals surface area contributed by atoms with E-state index >= 15 is 0 Å². The molecule has 0 aliphatic rings. The maximum absolute atomic E-state index is 11.2. The molecule has 1 unspecified atom stereocenters. The van der Waals surface area contributed by atoms with E-state index in [1.807, 2.05) is 25.1 Å². The molecule has 0 radical (unpaired) electrons. The fourth-order valence-corrected chi connectivity index (χ4v) is 2.61. The highest BCUT2D eigenvalue weighted by atomic mass is 79.9. The molecule has 0 amide bonds. The number of H-pyrrole nitrogens is 1. The summed E-state index contributed by atoms with van der Waals surface area (Å²) in [7, 11) is 1.60. The topological polar surface area (TPSA) is 106 Å². The maximum Gasteiger partial charge on any atom is 0.312 e. The van der Waals surface area contributed by atoms with Crippen LogP contribution in [-0.4, -0.2) is 27.0 Å². The fraction of sp³-hybridized carbons (Fsp3) is 0.200. The van der Waals surface area contributed by atoms with Gasteiger partial charge in [-0.05, 0) is 35.0 Å². The molecule has 0 aliphatic heterocycles. The number of rotatable bonds is 5. The number of imidazole rings is 1. The van der Waals surface area contributed by atoms with E-state index in [0.29, 0.717) is 10.3 Å². The van der Waals surface area contributed by atoms with Crippen LogP contribution in [0.4, 0.5) is 11.5 Å². The Morgan fingerprint density at radius 1 is 1.42 bits per heavy atom. The number of methoxy groups -OCH3 is 1. The highest BCUT2D eigenvalue weighted by molar-refractivity contribution is 9.10. The third-order valence-corrected chi connectivity index (χ3v) is 3.94. The van der Waals surface area contributed by atoms with Gasteiger partial charge in [0.05, 0.1) is 29.1 Å². The van der Waals surface area contributed by atoms with Crippen LogP contribution in [0.3, 0.4) is 0 Å². The fourth-order valence-electron chi connectivity index (χ4n) is 2.29. The summed E-state index contributed by atoms with van der Waals surface area (Å²) in [5.41, 5.74) is 1.52. The highest BCUT2D eigenvalue weighted by Gasteiger charge is 2.19. The number of aromatic nitrogens is 3. The van der Waals surface area contributed by atoms with Crippen molar-refractivity contribution in [3.8, 4) is 5.75 Å². The van der Waals surface area contributed by atoms with Gasteiger partial charge in [0.1, 0.15) is 11.6 Å². The van der Waals surface area contributed by atoms with Crippen LogP contribution in [0.2, 0.25) is 0 Å². The molecule has 0 fully saturated rings. The number of anilines is 1. The largest absolute Gasteiger partial charge is 0.497 e. The van der Waals surface area contributed by atoms with Crippen LogP contribution in [-0.2, 0) is 0 Å². The SMILES string of the molecule is COc1ccc2nc(C(C)Nc3ncc(Br)cc3[N+](=O)[O-])[nH]c2c1. The molecule has 0 bridgehead atoms. The zero-order valence-corrected chi connectivity index (χ0v) is 14.5. The molecule has 2 aromatic heterocycles. The minimum atomic E-state index is -0.476. The summed E-state index contributed by atoms with van der Waals surface area (Å²) >= 11 is 3.19. The second-order valence-corrected chi connectivity index (χ2v) is 6.07. The Hall–Kier alpha value is -2.68. The molecule has 8 nitrogen and oxygen atoms in total. The number of pyridine rings is 1. The van der Waals surface area contributed by atoms with Crippen LogP contribution in [0.25, 0.3) is 11.0 Å². The van der Waals surface area contributed by atoms with Crippen LogP contribution in [0.5, 0.6) is 5.75 Å². The molecule has 9 heteroatoms. The second-order valence-electron chi connectivity index (χ2n) is 5.15. The van der Waals surface area contributed by atoms with Gasteiger partial charge < -0.3 is 15.0 Å². The number of hydrogen-bond donors (Lipinski definition) is 2. The number of nitro groups is 1. The van der Waals surface area contributed by atoms with Gasteiger partial charge in [0.15, 0.2) is 0 Å². The van der Waals surface area contributed by atoms with Crippen molar-refractivity contribution in [1.82, 2.24) is 15.0 Å². The molecule has 3 rings (SSSR count). The quantitative estimate of drug-likeness (QED) is 0.505. The van der Waals surface area contributed by atoms with Crippen LogP contribution < -0.4 is 10.1 Å². The third-order valence-electron chi connectivity index (χ3n) is 3.50. The lowest BCUT2D eigenvalue weighted by molar-refractivity contribution is -0.384. The van der Waals surface area contributed by atoms with Gasteiger partial charge in [0, 0.05) is 22.8 Å². The van der Waals surface area contributed by atoms with Crippen molar-refractivity contribution in [2.24, 2.45) is 0 Å². The van der Waals surface area contributed by atoms with Crippen molar-refractivity contribution in [2.75, 3.05) is 12.4 Å². The number of nitrogens with one attached hydrogen (secondary N) is 2. The van der Waals surface area contributed by atoms with E-state index in [9.17, 15) is 10.1 Å². The number of hydrogen-bond acceptors (Lipinski definition) is 6. The standard InChI is InChI=1S/C15H14BrN5O3/c1-8(18-15-13(21(22)23)5-9(16)7-17-15)14-19-11-4-3-10(24-2)6-12(11)20-14/h3-8H,1-2H3,(H,17,18)(H,19,20). The van der Waals surface area contributed by atoms with Gasteiger partial charge in [0.25, 0.3) is 0 Å². The summed E-state index contributed by atoms with van der Waals surface area (Å²) < 4.78 is 5.73. The Morgan fingerprint density at radius 3 is 2.92 bits per heavy atom. The van der Waals surface area contributed by atoms with Gasteiger partial charge in [-0.15, -0.1) is 0 Å². The number of benzene rings is 1. The number of aromatic amines is 1. The van der Waals surface area contributed by atoms with E-state index in [-0.39, 0.29) is 17.5 Å². The lowest BCUT2D eigenvalue weighted by Gasteiger charge is -2.12. The molecule has 3 aromatic rings. The summed E-state index contributed by atoms with van der Waals surface area (Å²) in [5, 5.41) is 14.2. The first kappa shape index (κ1) is 16.2. The Balaban J connectivity index is 1.90. The molecule has 124 valence electrons. The average molecular weight is 392 g/mol. The molecule has 0 saturated heterocycles. The number of fused-ring (bicyclic) bond motifs is 1. The zero-order chi connectivity index (χ0) is 17.3. The molecule has 1 atom stereocenters. The molecule has 2 N–H and O–H groups in total. The summed E-state index contributed by atoms with van der Waals surface area (Å²) in [6.45, 7) is 1.85. The minimum Gasteiger partial charge on any atom is -0.497 e. The first-order chi connectivity index (χ1) is 11.5. The zero-order valence-electron chi connectivity index (χ0n) is 12.9. The van der Waals surface area contributed by atoms with E-state index in [2.05, 4.69) is 36.2 Å². The Bertz CT molecular complexity index is 911. The monoisotopic (exact) mass is 391 g/mol. The van der Waals surface area contributed by atoms with Crippen LogP contribution in [0.1, 0.15) is 18.8 Å². The number of nitrogens with zero attached hydrogens (tertiary/aromatic N) is 3. The van der Waals surface area contributed by atoms with E-state index < -0.39 is 4.92 Å². The van der Waals surface area contributed by atoms with Crippen molar-refractivity contribution < 1.29 is 9.66 Å². The van der Waals surface area contributed by atoms with E-state index in [0.717, 1.165) is 16.8 Å². The predicted molar refractivity (Wildman–Crippen MR) is 93.3 cm³/mol. The van der Waals surface area contributed by atoms with Gasteiger partial charge >= 0.3 is 5.69 Å². The lowest BCUT2D eigenvalue weighted by atomic mass is 10.3. The van der Waals surface area contributed by atoms with Gasteiger partial charge in [-0.2, -0.15) is 0 Å².